The number of ether oxygens (including phenoxy) is 1. The Labute approximate surface area is 249 Å². The summed E-state index contributed by atoms with van der Waals surface area (Å²) in [5.74, 6) is 1.17. The van der Waals surface area contributed by atoms with E-state index in [9.17, 15) is 12.8 Å². The van der Waals surface area contributed by atoms with Gasteiger partial charge in [0.1, 0.15) is 35.3 Å². The van der Waals surface area contributed by atoms with E-state index in [1.165, 1.54) is 29.8 Å². The van der Waals surface area contributed by atoms with Crippen molar-refractivity contribution in [3.63, 3.8) is 0 Å². The van der Waals surface area contributed by atoms with E-state index in [0.717, 1.165) is 26.1 Å². The first-order valence-electron chi connectivity index (χ1n) is 12.7. The average Bonchev–Trinajstić information content (AvgIpc) is 3.44. The Morgan fingerprint density at radius 2 is 1.95 bits per heavy atom. The molecule has 13 heteroatoms. The predicted molar refractivity (Wildman–Crippen MR) is 163 cm³/mol. The van der Waals surface area contributed by atoms with Crippen LogP contribution in [-0.4, -0.2) is 46.4 Å². The lowest BCUT2D eigenvalue weighted by atomic mass is 10.2. The van der Waals surface area contributed by atoms with E-state index in [0.29, 0.717) is 41.6 Å². The minimum absolute atomic E-state index is 0.102. The summed E-state index contributed by atoms with van der Waals surface area (Å²) in [5.41, 5.74) is 3.58. The van der Waals surface area contributed by atoms with Gasteiger partial charge >= 0.3 is 0 Å². The Bertz CT molecular complexity index is 1780. The number of halogens is 2. The molecule has 9 nitrogen and oxygen atoms in total. The maximum absolute atomic E-state index is 13.5. The topological polar surface area (TPSA) is 119 Å². The number of sulfone groups is 1. The Hall–Kier alpha value is -3.52. The molecule has 0 fully saturated rings. The Balaban J connectivity index is 1.28. The molecule has 0 saturated heterocycles. The standard InChI is InChI=1S/C28H26BrFN6O3S2/c1-2-41(37,38)9-8-31-14-27-36-25(16-40-27)23-12-21-24(13-32-23)33-17-34-28(21)35-20-6-7-26(22(29)11-20)39-15-18-4-3-5-19(30)10-18/h3-7,10-13,16-17,31H,2,8-9,14-15H2,1H3,(H,33,34,35). The number of aromatic nitrogens is 4. The molecule has 0 bridgehead atoms. The van der Waals surface area contributed by atoms with E-state index in [1.54, 1.807) is 19.2 Å². The molecule has 0 atom stereocenters. The van der Waals surface area contributed by atoms with Crippen molar-refractivity contribution in [3.05, 3.63) is 87.3 Å². The molecule has 0 unspecified atom stereocenters. The van der Waals surface area contributed by atoms with Gasteiger partial charge in [0.2, 0.25) is 0 Å². The first-order valence-corrected chi connectivity index (χ1v) is 16.2. The molecule has 0 saturated carbocycles. The highest BCUT2D eigenvalue weighted by molar-refractivity contribution is 9.10. The summed E-state index contributed by atoms with van der Waals surface area (Å²) < 4.78 is 43.4. The van der Waals surface area contributed by atoms with Gasteiger partial charge in [0.15, 0.2) is 9.84 Å². The van der Waals surface area contributed by atoms with Crippen molar-refractivity contribution in [3.8, 4) is 17.1 Å². The average molecular weight is 658 g/mol. The van der Waals surface area contributed by atoms with E-state index < -0.39 is 9.84 Å². The number of hydrogen-bond acceptors (Lipinski definition) is 10. The normalized spacial score (nSPS) is 11.6. The lowest BCUT2D eigenvalue weighted by molar-refractivity contribution is 0.303. The molecule has 5 rings (SSSR count). The number of thiazole rings is 1. The van der Waals surface area contributed by atoms with Crippen molar-refractivity contribution in [2.24, 2.45) is 0 Å². The van der Waals surface area contributed by atoms with Crippen molar-refractivity contribution in [1.82, 2.24) is 25.3 Å². The molecule has 0 aliphatic rings. The molecule has 0 aliphatic heterocycles. The van der Waals surface area contributed by atoms with Crippen LogP contribution in [0.3, 0.4) is 0 Å². The lowest BCUT2D eigenvalue weighted by Crippen LogP contribution is -2.23. The molecule has 41 heavy (non-hydrogen) atoms. The number of hydrogen-bond donors (Lipinski definition) is 2. The highest BCUT2D eigenvalue weighted by Crippen LogP contribution is 2.32. The summed E-state index contributed by atoms with van der Waals surface area (Å²) in [7, 11) is -3.01. The third-order valence-corrected chi connectivity index (χ3v) is 9.29. The molecule has 0 amide bonds. The van der Waals surface area contributed by atoms with Crippen LogP contribution in [-0.2, 0) is 23.0 Å². The van der Waals surface area contributed by atoms with Gasteiger partial charge in [-0.15, -0.1) is 11.3 Å². The zero-order chi connectivity index (χ0) is 28.8. The fourth-order valence-electron chi connectivity index (χ4n) is 3.90. The molecule has 0 spiro atoms. The van der Waals surface area contributed by atoms with Crippen LogP contribution >= 0.6 is 27.3 Å². The van der Waals surface area contributed by atoms with Crippen LogP contribution < -0.4 is 15.4 Å². The Kier molecular flexibility index (Phi) is 9.18. The maximum atomic E-state index is 13.5. The van der Waals surface area contributed by atoms with E-state index in [1.807, 2.05) is 35.7 Å². The van der Waals surface area contributed by atoms with Gasteiger partial charge in [0, 0.05) is 35.3 Å². The van der Waals surface area contributed by atoms with E-state index >= 15 is 0 Å². The van der Waals surface area contributed by atoms with Gasteiger partial charge < -0.3 is 15.4 Å². The predicted octanol–water partition coefficient (Wildman–Crippen LogP) is 5.90. The smallest absolute Gasteiger partial charge is 0.151 e. The molecule has 5 aromatic rings. The molecular weight excluding hydrogens is 631 g/mol. The fraction of sp³-hybridized carbons (Fsp3) is 0.214. The number of anilines is 2. The molecule has 0 aliphatic carbocycles. The van der Waals surface area contributed by atoms with Crippen LogP contribution in [0.1, 0.15) is 17.5 Å². The summed E-state index contributed by atoms with van der Waals surface area (Å²) in [6.45, 7) is 2.74. The van der Waals surface area contributed by atoms with Crippen molar-refractivity contribution < 1.29 is 17.5 Å². The quantitative estimate of drug-likeness (QED) is 0.158. The summed E-state index contributed by atoms with van der Waals surface area (Å²) in [6, 6.07) is 13.8. The van der Waals surface area contributed by atoms with Gasteiger partial charge in [0.05, 0.1) is 33.3 Å². The lowest BCUT2D eigenvalue weighted by Gasteiger charge is -2.12. The number of rotatable bonds is 12. The van der Waals surface area contributed by atoms with Crippen molar-refractivity contribution in [2.75, 3.05) is 23.4 Å². The first kappa shape index (κ1) is 29.0. The molecule has 2 N–H and O–H groups in total. The third-order valence-electron chi connectivity index (χ3n) is 6.12. The third kappa shape index (κ3) is 7.61. The van der Waals surface area contributed by atoms with Crippen molar-refractivity contribution >= 4 is 59.5 Å². The second kappa shape index (κ2) is 13.0. The molecule has 0 radical (unpaired) electrons. The monoisotopic (exact) mass is 656 g/mol. The molecule has 3 heterocycles. The van der Waals surface area contributed by atoms with Crippen LogP contribution in [0.5, 0.6) is 5.75 Å². The number of fused-ring (bicyclic) bond motifs is 1. The zero-order valence-electron chi connectivity index (χ0n) is 22.0. The van der Waals surface area contributed by atoms with E-state index in [-0.39, 0.29) is 23.9 Å². The Morgan fingerprint density at radius 3 is 2.76 bits per heavy atom. The highest BCUT2D eigenvalue weighted by atomic mass is 79.9. The van der Waals surface area contributed by atoms with Gasteiger partial charge in [-0.3, -0.25) is 4.98 Å². The van der Waals surface area contributed by atoms with E-state index in [4.69, 9.17) is 4.74 Å². The minimum Gasteiger partial charge on any atom is -0.488 e. The van der Waals surface area contributed by atoms with Crippen molar-refractivity contribution in [2.45, 2.75) is 20.1 Å². The van der Waals surface area contributed by atoms with E-state index in [2.05, 4.69) is 46.5 Å². The summed E-state index contributed by atoms with van der Waals surface area (Å²) in [6.07, 6.45) is 3.16. The fourth-order valence-corrected chi connectivity index (χ4v) is 5.89. The largest absolute Gasteiger partial charge is 0.488 e. The second-order valence-corrected chi connectivity index (χ2v) is 13.3. The van der Waals surface area contributed by atoms with Crippen LogP contribution in [0.2, 0.25) is 0 Å². The van der Waals surface area contributed by atoms with Crippen molar-refractivity contribution in [1.29, 1.82) is 0 Å². The molecule has 212 valence electrons. The van der Waals surface area contributed by atoms with Gasteiger partial charge in [-0.25, -0.2) is 27.8 Å². The number of nitrogens with zero attached hydrogens (tertiary/aromatic N) is 4. The maximum Gasteiger partial charge on any atom is 0.151 e. The first-order chi connectivity index (χ1) is 19.8. The molecule has 3 aromatic heterocycles. The zero-order valence-corrected chi connectivity index (χ0v) is 25.2. The second-order valence-electron chi connectivity index (χ2n) is 9.04. The van der Waals surface area contributed by atoms with Crippen LogP contribution in [0.4, 0.5) is 15.9 Å². The van der Waals surface area contributed by atoms with Gasteiger partial charge in [0.25, 0.3) is 0 Å². The van der Waals surface area contributed by atoms with Crippen LogP contribution in [0, 0.1) is 5.82 Å². The summed E-state index contributed by atoms with van der Waals surface area (Å²) >= 11 is 5.04. The van der Waals surface area contributed by atoms with Crippen LogP contribution in [0.25, 0.3) is 22.3 Å². The minimum atomic E-state index is -3.01. The SMILES string of the molecule is CCS(=O)(=O)CCNCc1nc(-c2cc3c(Nc4ccc(OCc5cccc(F)c5)c(Br)c4)ncnc3cn2)cs1. The molecule has 2 aromatic carbocycles. The summed E-state index contributed by atoms with van der Waals surface area (Å²) in [5, 5.41) is 10.0. The summed E-state index contributed by atoms with van der Waals surface area (Å²) in [4.78, 5) is 18.0. The number of pyridine rings is 1. The van der Waals surface area contributed by atoms with Gasteiger partial charge in [-0.2, -0.15) is 0 Å². The number of nitrogens with one attached hydrogen (secondary N) is 2. The van der Waals surface area contributed by atoms with Crippen LogP contribution in [0.15, 0.2) is 70.9 Å². The Morgan fingerprint density at radius 1 is 1.07 bits per heavy atom. The van der Waals surface area contributed by atoms with Gasteiger partial charge in [-0.05, 0) is 57.9 Å². The van der Waals surface area contributed by atoms with Gasteiger partial charge in [-0.1, -0.05) is 19.1 Å². The number of benzene rings is 2. The highest BCUT2D eigenvalue weighted by Gasteiger charge is 2.12. The molecular formula is C28H26BrFN6O3S2.